The molecule has 33 heavy (non-hydrogen) atoms. The van der Waals surface area contributed by atoms with Gasteiger partial charge in [0.1, 0.15) is 11.9 Å². The molecule has 2 aliphatic rings. The fourth-order valence-electron chi connectivity index (χ4n) is 3.99. The van der Waals surface area contributed by atoms with Crippen LogP contribution in [-0.2, 0) is 14.3 Å². The van der Waals surface area contributed by atoms with E-state index in [1.807, 2.05) is 0 Å². The van der Waals surface area contributed by atoms with E-state index < -0.39 is 55.3 Å². The molecule has 7 nitrogen and oxygen atoms in total. The van der Waals surface area contributed by atoms with Gasteiger partial charge in [-0.1, -0.05) is 0 Å². The van der Waals surface area contributed by atoms with E-state index in [-0.39, 0.29) is 28.9 Å². The fourth-order valence-corrected chi connectivity index (χ4v) is 3.99. The van der Waals surface area contributed by atoms with Crippen molar-refractivity contribution in [1.29, 1.82) is 0 Å². The van der Waals surface area contributed by atoms with E-state index in [0.717, 1.165) is 18.2 Å². The van der Waals surface area contributed by atoms with Crippen LogP contribution in [0.1, 0.15) is 30.7 Å². The van der Waals surface area contributed by atoms with Gasteiger partial charge in [0.15, 0.2) is 0 Å². The fraction of sp³-hybridized carbons (Fsp3) is 0.526. The van der Waals surface area contributed by atoms with Crippen LogP contribution in [0.25, 0.3) is 10.9 Å². The zero-order chi connectivity index (χ0) is 24.1. The topological polar surface area (TPSA) is 76.5 Å². The van der Waals surface area contributed by atoms with E-state index >= 15 is 0 Å². The summed E-state index contributed by atoms with van der Waals surface area (Å²) < 4.78 is 97.9. The lowest BCUT2D eigenvalue weighted by Gasteiger charge is -2.30. The lowest BCUT2D eigenvalue weighted by molar-refractivity contribution is -0.214. The quantitative estimate of drug-likeness (QED) is 0.536. The van der Waals surface area contributed by atoms with Crippen molar-refractivity contribution in [2.45, 2.75) is 43.4 Å². The average Bonchev–Trinajstić information content (AvgIpc) is 3.29. The lowest BCUT2D eigenvalue weighted by atomic mass is 9.96. The number of benzene rings is 1. The molecule has 1 N–H and O–H groups in total. The molecule has 0 aliphatic carbocycles. The molecule has 14 heteroatoms. The molecule has 1 aromatic carbocycles. The minimum Gasteiger partial charge on any atom is -0.423 e. The number of esters is 1. The molecule has 1 amide bonds. The van der Waals surface area contributed by atoms with Crippen LogP contribution in [-0.4, -0.2) is 64.6 Å². The highest BCUT2D eigenvalue weighted by molar-refractivity contribution is 5.88. The van der Waals surface area contributed by atoms with Crippen LogP contribution in [0.2, 0.25) is 0 Å². The van der Waals surface area contributed by atoms with Crippen molar-refractivity contribution in [3.05, 3.63) is 29.7 Å². The largest absolute Gasteiger partial charge is 0.491 e. The van der Waals surface area contributed by atoms with Crippen molar-refractivity contribution < 1.29 is 45.1 Å². The molecule has 2 aliphatic heterocycles. The summed E-state index contributed by atoms with van der Waals surface area (Å²) in [5.41, 5.74) is 0.160. The van der Waals surface area contributed by atoms with Crippen molar-refractivity contribution in [2.75, 3.05) is 19.6 Å². The Morgan fingerprint density at radius 1 is 1.15 bits per heavy atom. The Hall–Kier alpha value is -2.90. The van der Waals surface area contributed by atoms with Crippen LogP contribution >= 0.6 is 0 Å². The number of carbonyl (C=O) groups is 2. The van der Waals surface area contributed by atoms with E-state index in [4.69, 9.17) is 0 Å². The number of amides is 1. The second kappa shape index (κ2) is 8.15. The van der Waals surface area contributed by atoms with E-state index in [9.17, 15) is 40.3 Å². The van der Waals surface area contributed by atoms with Gasteiger partial charge in [0.2, 0.25) is 0 Å². The summed E-state index contributed by atoms with van der Waals surface area (Å²) in [5.74, 6) is -5.23. The maximum Gasteiger partial charge on any atom is 0.491 e. The number of likely N-dealkylation sites (tertiary alicyclic amines) is 1. The Morgan fingerprint density at radius 3 is 2.42 bits per heavy atom. The highest BCUT2D eigenvalue weighted by Crippen LogP contribution is 2.36. The van der Waals surface area contributed by atoms with E-state index in [1.165, 1.54) is 0 Å². The molecule has 2 aromatic rings. The molecule has 0 radical (unpaired) electrons. The summed E-state index contributed by atoms with van der Waals surface area (Å²) in [6, 6.07) is 0.866. The Morgan fingerprint density at radius 2 is 1.85 bits per heavy atom. The van der Waals surface area contributed by atoms with Gasteiger partial charge in [0.25, 0.3) is 12.1 Å². The molecular formula is C19H17F7N4O3. The third-order valence-electron chi connectivity index (χ3n) is 5.66. The molecule has 2 saturated heterocycles. The summed E-state index contributed by atoms with van der Waals surface area (Å²) in [6.45, 7) is 0.425. The van der Waals surface area contributed by atoms with Gasteiger partial charge in [-0.25, -0.2) is 13.9 Å². The standard InChI is InChI=1S/C19H17F7N4O3/c20-10-3-4-12-11(6-10)14(9-7-27-8-9)28-30(12)16(33-17(32)19(24,25)26)15(31)29-5-1-2-13(29)18(21,22)23/h3-4,6,9,13,16,27H,1-2,5,7-8H2/t13-,16?/m0/s1. The number of alkyl halides is 6. The Bertz CT molecular complexity index is 1080. The second-order valence-corrected chi connectivity index (χ2v) is 7.83. The summed E-state index contributed by atoms with van der Waals surface area (Å²) in [5, 5.41) is 7.20. The van der Waals surface area contributed by atoms with E-state index in [0.29, 0.717) is 22.7 Å². The number of nitrogens with one attached hydrogen (secondary N) is 1. The number of aromatic nitrogens is 2. The summed E-state index contributed by atoms with van der Waals surface area (Å²) in [7, 11) is 0. The van der Waals surface area contributed by atoms with Gasteiger partial charge in [0, 0.05) is 30.9 Å². The number of hydrogen-bond donors (Lipinski definition) is 1. The Balaban J connectivity index is 1.81. The third-order valence-corrected chi connectivity index (χ3v) is 5.66. The molecular weight excluding hydrogens is 465 g/mol. The van der Waals surface area contributed by atoms with E-state index in [1.54, 1.807) is 0 Å². The van der Waals surface area contributed by atoms with Crippen LogP contribution in [0.3, 0.4) is 0 Å². The minimum absolute atomic E-state index is 0.0418. The summed E-state index contributed by atoms with van der Waals surface area (Å²) in [6.07, 6.45) is -13.3. The first-order valence-corrected chi connectivity index (χ1v) is 9.91. The molecule has 2 atom stereocenters. The molecule has 180 valence electrons. The number of ether oxygens (including phenoxy) is 1. The lowest BCUT2D eigenvalue weighted by Crippen LogP contribution is -2.48. The van der Waals surface area contributed by atoms with Gasteiger partial charge in [-0.3, -0.25) is 4.79 Å². The number of hydrogen-bond acceptors (Lipinski definition) is 5. The van der Waals surface area contributed by atoms with Crippen molar-refractivity contribution in [1.82, 2.24) is 20.0 Å². The number of fused-ring (bicyclic) bond motifs is 1. The summed E-state index contributed by atoms with van der Waals surface area (Å²) >= 11 is 0. The van der Waals surface area contributed by atoms with E-state index in [2.05, 4.69) is 15.2 Å². The Kier molecular flexibility index (Phi) is 5.75. The van der Waals surface area contributed by atoms with Gasteiger partial charge in [0.05, 0.1) is 11.2 Å². The second-order valence-electron chi connectivity index (χ2n) is 7.83. The third kappa shape index (κ3) is 4.35. The maximum absolute atomic E-state index is 13.9. The molecule has 0 spiro atoms. The highest BCUT2D eigenvalue weighted by atomic mass is 19.4. The van der Waals surface area contributed by atoms with Gasteiger partial charge in [-0.05, 0) is 31.0 Å². The maximum atomic E-state index is 13.9. The van der Waals surface area contributed by atoms with Crippen molar-refractivity contribution >= 4 is 22.8 Å². The monoisotopic (exact) mass is 482 g/mol. The van der Waals surface area contributed by atoms with Gasteiger partial charge in [-0.2, -0.15) is 31.4 Å². The van der Waals surface area contributed by atoms with Gasteiger partial charge >= 0.3 is 18.3 Å². The first-order valence-electron chi connectivity index (χ1n) is 9.91. The van der Waals surface area contributed by atoms with Crippen LogP contribution in [0.4, 0.5) is 30.7 Å². The van der Waals surface area contributed by atoms with Crippen molar-refractivity contribution in [3.8, 4) is 0 Å². The highest BCUT2D eigenvalue weighted by Gasteiger charge is 2.51. The summed E-state index contributed by atoms with van der Waals surface area (Å²) in [4.78, 5) is 25.0. The Labute approximate surface area is 181 Å². The predicted molar refractivity (Wildman–Crippen MR) is 97.3 cm³/mol. The SMILES string of the molecule is O=C(C(OC(=O)C(F)(F)F)n1nc(C2CNC2)c2cc(F)ccc21)N1CCC[C@H]1C(F)(F)F. The number of nitrogens with zero attached hydrogens (tertiary/aromatic N) is 3. The van der Waals surface area contributed by atoms with Gasteiger partial charge in [-0.15, -0.1) is 0 Å². The first kappa shape index (κ1) is 23.3. The van der Waals surface area contributed by atoms with Crippen LogP contribution in [0.15, 0.2) is 18.2 Å². The zero-order valence-electron chi connectivity index (χ0n) is 16.7. The molecule has 4 rings (SSSR count). The number of carbonyl (C=O) groups excluding carboxylic acids is 2. The predicted octanol–water partition coefficient (Wildman–Crippen LogP) is 3.02. The molecule has 2 fully saturated rings. The number of rotatable bonds is 4. The first-order chi connectivity index (χ1) is 15.4. The zero-order valence-corrected chi connectivity index (χ0v) is 16.7. The smallest absolute Gasteiger partial charge is 0.423 e. The molecule has 1 unspecified atom stereocenters. The molecule has 0 saturated carbocycles. The molecule has 1 aromatic heterocycles. The normalized spacial score (nSPS) is 20.7. The molecule has 0 bridgehead atoms. The number of halogens is 7. The van der Waals surface area contributed by atoms with Crippen molar-refractivity contribution in [2.24, 2.45) is 0 Å². The van der Waals surface area contributed by atoms with Gasteiger partial charge < -0.3 is 15.0 Å². The average molecular weight is 482 g/mol. The van der Waals surface area contributed by atoms with Crippen LogP contribution in [0, 0.1) is 5.82 Å². The minimum atomic E-state index is -5.51. The van der Waals surface area contributed by atoms with Crippen molar-refractivity contribution in [3.63, 3.8) is 0 Å². The van der Waals surface area contributed by atoms with Crippen LogP contribution in [0.5, 0.6) is 0 Å². The van der Waals surface area contributed by atoms with Crippen LogP contribution < -0.4 is 5.32 Å². The molecule has 3 heterocycles.